The van der Waals surface area contributed by atoms with E-state index in [0.717, 1.165) is 18.1 Å². The van der Waals surface area contributed by atoms with Crippen molar-refractivity contribution in [1.82, 2.24) is 0 Å². The highest BCUT2D eigenvalue weighted by Crippen LogP contribution is 2.20. The molecule has 0 aliphatic carbocycles. The quantitative estimate of drug-likeness (QED) is 0.761. The van der Waals surface area contributed by atoms with E-state index in [0.29, 0.717) is 5.75 Å². The highest BCUT2D eigenvalue weighted by atomic mass is 19.1. The van der Waals surface area contributed by atoms with Gasteiger partial charge in [0.1, 0.15) is 5.75 Å². The Morgan fingerprint density at radius 1 is 1.14 bits per heavy atom. The Kier molecular flexibility index (Phi) is 4.93. The third kappa shape index (κ3) is 3.60. The second kappa shape index (κ2) is 6.88. The van der Waals surface area contributed by atoms with Gasteiger partial charge in [0.15, 0.2) is 24.0 Å². The van der Waals surface area contributed by atoms with Crippen molar-refractivity contribution in [3.05, 3.63) is 59.4 Å². The van der Waals surface area contributed by atoms with E-state index in [9.17, 15) is 9.18 Å². The third-order valence-corrected chi connectivity index (χ3v) is 3.19. The molecule has 0 N–H and O–H groups in total. The lowest BCUT2D eigenvalue weighted by Gasteiger charge is -2.10. The standard InChI is InChI=1S/C17H17FO3/c1-3-12-6-4-5-7-16(12)21-11-15(19)13-8-9-17(20-2)14(18)10-13/h4-10H,3,11H2,1-2H3. The van der Waals surface area contributed by atoms with E-state index < -0.39 is 5.82 Å². The van der Waals surface area contributed by atoms with Crippen LogP contribution in [0.4, 0.5) is 4.39 Å². The van der Waals surface area contributed by atoms with Gasteiger partial charge < -0.3 is 9.47 Å². The smallest absolute Gasteiger partial charge is 0.200 e. The van der Waals surface area contributed by atoms with Crippen molar-refractivity contribution in [2.75, 3.05) is 13.7 Å². The molecule has 110 valence electrons. The number of aryl methyl sites for hydroxylation is 1. The van der Waals surface area contributed by atoms with E-state index in [1.165, 1.54) is 19.2 Å². The first-order valence-electron chi connectivity index (χ1n) is 6.73. The van der Waals surface area contributed by atoms with E-state index in [1.807, 2.05) is 31.2 Å². The number of carbonyl (C=O) groups excluding carboxylic acids is 1. The molecule has 0 aromatic heterocycles. The van der Waals surface area contributed by atoms with Crippen LogP contribution in [0.2, 0.25) is 0 Å². The Labute approximate surface area is 123 Å². The molecule has 0 aliphatic rings. The van der Waals surface area contributed by atoms with Gasteiger partial charge in [0.05, 0.1) is 7.11 Å². The predicted octanol–water partition coefficient (Wildman–Crippen LogP) is 3.66. The van der Waals surface area contributed by atoms with Crippen molar-refractivity contribution < 1.29 is 18.7 Å². The Balaban J connectivity index is 2.06. The van der Waals surface area contributed by atoms with Crippen LogP contribution in [0.25, 0.3) is 0 Å². The van der Waals surface area contributed by atoms with Crippen molar-refractivity contribution in [1.29, 1.82) is 0 Å². The summed E-state index contributed by atoms with van der Waals surface area (Å²) in [6, 6.07) is 11.7. The summed E-state index contributed by atoms with van der Waals surface area (Å²) in [6.07, 6.45) is 0.821. The molecular weight excluding hydrogens is 271 g/mol. The molecule has 0 saturated heterocycles. The molecule has 0 atom stereocenters. The minimum absolute atomic E-state index is 0.115. The van der Waals surface area contributed by atoms with Gasteiger partial charge in [-0.3, -0.25) is 4.79 Å². The SMILES string of the molecule is CCc1ccccc1OCC(=O)c1ccc(OC)c(F)c1. The van der Waals surface area contributed by atoms with Crippen LogP contribution in [0.1, 0.15) is 22.8 Å². The number of ether oxygens (including phenoxy) is 2. The number of ketones is 1. The van der Waals surface area contributed by atoms with E-state index in [4.69, 9.17) is 9.47 Å². The molecule has 0 aliphatic heterocycles. The van der Waals surface area contributed by atoms with Gasteiger partial charge in [-0.15, -0.1) is 0 Å². The number of hydrogen-bond donors (Lipinski definition) is 0. The molecule has 3 nitrogen and oxygen atoms in total. The summed E-state index contributed by atoms with van der Waals surface area (Å²) in [7, 11) is 1.38. The van der Waals surface area contributed by atoms with Crippen LogP contribution in [0.5, 0.6) is 11.5 Å². The maximum absolute atomic E-state index is 13.6. The van der Waals surface area contributed by atoms with Gasteiger partial charge in [-0.25, -0.2) is 4.39 Å². The van der Waals surface area contributed by atoms with Crippen LogP contribution in [-0.2, 0) is 6.42 Å². The normalized spacial score (nSPS) is 10.2. The molecule has 0 radical (unpaired) electrons. The number of halogens is 1. The lowest BCUT2D eigenvalue weighted by molar-refractivity contribution is 0.0920. The number of methoxy groups -OCH3 is 1. The van der Waals surface area contributed by atoms with E-state index in [1.54, 1.807) is 0 Å². The number of rotatable bonds is 6. The second-order valence-corrected chi connectivity index (χ2v) is 4.52. The van der Waals surface area contributed by atoms with Crippen molar-refractivity contribution in [3.8, 4) is 11.5 Å². The zero-order valence-corrected chi connectivity index (χ0v) is 12.1. The van der Waals surface area contributed by atoms with E-state index in [-0.39, 0.29) is 23.7 Å². The molecule has 0 spiro atoms. The first-order valence-corrected chi connectivity index (χ1v) is 6.73. The molecular formula is C17H17FO3. The first-order chi connectivity index (χ1) is 10.2. The summed E-state index contributed by atoms with van der Waals surface area (Å²) in [5.74, 6) is -0.0362. The monoisotopic (exact) mass is 288 g/mol. The topological polar surface area (TPSA) is 35.5 Å². The molecule has 0 unspecified atom stereocenters. The lowest BCUT2D eigenvalue weighted by atomic mass is 10.1. The Morgan fingerprint density at radius 2 is 1.90 bits per heavy atom. The van der Waals surface area contributed by atoms with Crippen molar-refractivity contribution in [2.45, 2.75) is 13.3 Å². The minimum atomic E-state index is -0.558. The van der Waals surface area contributed by atoms with Gasteiger partial charge >= 0.3 is 0 Å². The first kappa shape index (κ1) is 15.0. The number of hydrogen-bond acceptors (Lipinski definition) is 3. The second-order valence-electron chi connectivity index (χ2n) is 4.52. The molecule has 0 fully saturated rings. The zero-order chi connectivity index (χ0) is 15.2. The highest BCUT2D eigenvalue weighted by molar-refractivity contribution is 5.97. The van der Waals surface area contributed by atoms with Crippen LogP contribution in [0, 0.1) is 5.82 Å². The van der Waals surface area contributed by atoms with Crippen LogP contribution in [0.3, 0.4) is 0 Å². The van der Waals surface area contributed by atoms with E-state index >= 15 is 0 Å². The minimum Gasteiger partial charge on any atom is -0.494 e. The van der Waals surface area contributed by atoms with Crippen LogP contribution < -0.4 is 9.47 Å². The van der Waals surface area contributed by atoms with Crippen LogP contribution >= 0.6 is 0 Å². The molecule has 2 aromatic rings. The average molecular weight is 288 g/mol. The molecule has 21 heavy (non-hydrogen) atoms. The molecule has 4 heteroatoms. The summed E-state index contributed by atoms with van der Waals surface area (Å²) in [5, 5.41) is 0. The van der Waals surface area contributed by atoms with Crippen LogP contribution in [0.15, 0.2) is 42.5 Å². The van der Waals surface area contributed by atoms with Gasteiger partial charge in [-0.1, -0.05) is 25.1 Å². The largest absolute Gasteiger partial charge is 0.494 e. The summed E-state index contributed by atoms with van der Waals surface area (Å²) >= 11 is 0. The fourth-order valence-corrected chi connectivity index (χ4v) is 2.00. The highest BCUT2D eigenvalue weighted by Gasteiger charge is 2.11. The zero-order valence-electron chi connectivity index (χ0n) is 12.1. The van der Waals surface area contributed by atoms with Gasteiger partial charge in [-0.2, -0.15) is 0 Å². The lowest BCUT2D eigenvalue weighted by Crippen LogP contribution is -2.12. The molecule has 0 bridgehead atoms. The Hall–Kier alpha value is -2.36. The summed E-state index contributed by atoms with van der Waals surface area (Å²) in [6.45, 7) is 1.89. The van der Waals surface area contributed by atoms with Crippen molar-refractivity contribution >= 4 is 5.78 Å². The molecule has 0 amide bonds. The van der Waals surface area contributed by atoms with Crippen molar-refractivity contribution in [3.63, 3.8) is 0 Å². The van der Waals surface area contributed by atoms with Gasteiger partial charge in [0.2, 0.25) is 0 Å². The fourth-order valence-electron chi connectivity index (χ4n) is 2.00. The van der Waals surface area contributed by atoms with E-state index in [2.05, 4.69) is 0 Å². The number of Topliss-reactive ketones (excluding diaryl/α,β-unsaturated/α-hetero) is 1. The number of benzene rings is 2. The average Bonchev–Trinajstić information content (AvgIpc) is 2.52. The molecule has 0 heterocycles. The molecule has 0 saturated carbocycles. The number of carbonyl (C=O) groups is 1. The van der Waals surface area contributed by atoms with Crippen LogP contribution in [-0.4, -0.2) is 19.5 Å². The fraction of sp³-hybridized carbons (Fsp3) is 0.235. The Bertz CT molecular complexity index is 638. The van der Waals surface area contributed by atoms with Gasteiger partial charge in [0, 0.05) is 5.56 Å². The Morgan fingerprint density at radius 3 is 2.57 bits per heavy atom. The maximum atomic E-state index is 13.6. The summed E-state index contributed by atoms with van der Waals surface area (Å²) in [5.41, 5.74) is 1.30. The predicted molar refractivity (Wildman–Crippen MR) is 78.6 cm³/mol. The number of para-hydroxylation sites is 1. The molecule has 2 aromatic carbocycles. The van der Waals surface area contributed by atoms with Crippen molar-refractivity contribution in [2.24, 2.45) is 0 Å². The van der Waals surface area contributed by atoms with Gasteiger partial charge in [0.25, 0.3) is 0 Å². The summed E-state index contributed by atoms with van der Waals surface area (Å²) < 4.78 is 23.9. The third-order valence-electron chi connectivity index (χ3n) is 3.19. The summed E-state index contributed by atoms with van der Waals surface area (Å²) in [4.78, 5) is 12.0. The maximum Gasteiger partial charge on any atom is 0.200 e. The molecule has 2 rings (SSSR count). The van der Waals surface area contributed by atoms with Gasteiger partial charge in [-0.05, 0) is 36.2 Å².